The maximum atomic E-state index is 5.80. The van der Waals surface area contributed by atoms with Crippen molar-refractivity contribution >= 4 is 11.6 Å². The molecular formula is C16H17ClN2O. The Balaban J connectivity index is 1.95. The van der Waals surface area contributed by atoms with Crippen LogP contribution in [0.4, 0.5) is 0 Å². The van der Waals surface area contributed by atoms with E-state index in [0.29, 0.717) is 12.5 Å². The normalized spacial score (nSPS) is 9.95. The minimum Gasteiger partial charge on any atom is -0.493 e. The SMILES string of the molecule is Cc1cc(C#CCCl)ccc1OCCc1nccn1C. The third-order valence-corrected chi connectivity index (χ3v) is 3.11. The molecule has 1 aromatic heterocycles. The lowest BCUT2D eigenvalue weighted by Crippen LogP contribution is -2.06. The minimum atomic E-state index is 0.348. The van der Waals surface area contributed by atoms with Crippen molar-refractivity contribution in [2.75, 3.05) is 12.5 Å². The van der Waals surface area contributed by atoms with Crippen LogP contribution in [0.25, 0.3) is 0 Å². The van der Waals surface area contributed by atoms with Crippen molar-refractivity contribution in [3.63, 3.8) is 0 Å². The molecule has 104 valence electrons. The molecule has 0 aliphatic carbocycles. The van der Waals surface area contributed by atoms with Crippen molar-refractivity contribution in [3.05, 3.63) is 47.5 Å². The molecule has 0 radical (unpaired) electrons. The molecule has 0 unspecified atom stereocenters. The van der Waals surface area contributed by atoms with Crippen molar-refractivity contribution in [2.45, 2.75) is 13.3 Å². The molecule has 0 saturated heterocycles. The van der Waals surface area contributed by atoms with E-state index < -0.39 is 0 Å². The van der Waals surface area contributed by atoms with E-state index in [1.807, 2.05) is 42.9 Å². The second kappa shape index (κ2) is 7.02. The topological polar surface area (TPSA) is 27.1 Å². The van der Waals surface area contributed by atoms with Crippen LogP contribution in [0.1, 0.15) is 17.0 Å². The predicted octanol–water partition coefficient (Wildman–Crippen LogP) is 2.94. The fourth-order valence-electron chi connectivity index (χ4n) is 1.91. The van der Waals surface area contributed by atoms with Crippen molar-refractivity contribution < 1.29 is 4.74 Å². The molecule has 0 spiro atoms. The summed E-state index contributed by atoms with van der Waals surface area (Å²) in [4.78, 5) is 4.27. The molecule has 2 aromatic rings. The van der Waals surface area contributed by atoms with Crippen molar-refractivity contribution in [1.82, 2.24) is 9.55 Å². The highest BCUT2D eigenvalue weighted by atomic mass is 35.5. The van der Waals surface area contributed by atoms with Gasteiger partial charge in [0.25, 0.3) is 0 Å². The Bertz CT molecular complexity index is 637. The number of ether oxygens (including phenoxy) is 1. The van der Waals surface area contributed by atoms with E-state index in [-0.39, 0.29) is 0 Å². The monoisotopic (exact) mass is 288 g/mol. The average molecular weight is 289 g/mol. The third-order valence-electron chi connectivity index (χ3n) is 2.98. The number of aromatic nitrogens is 2. The van der Waals surface area contributed by atoms with E-state index in [4.69, 9.17) is 16.3 Å². The summed E-state index contributed by atoms with van der Waals surface area (Å²) < 4.78 is 7.80. The van der Waals surface area contributed by atoms with Gasteiger partial charge in [-0.15, -0.1) is 11.6 Å². The summed E-state index contributed by atoms with van der Waals surface area (Å²) in [5.41, 5.74) is 2.03. The van der Waals surface area contributed by atoms with Crippen LogP contribution in [-0.4, -0.2) is 22.0 Å². The number of aryl methyl sites for hydroxylation is 2. The van der Waals surface area contributed by atoms with Crippen LogP contribution >= 0.6 is 11.6 Å². The molecule has 1 aromatic carbocycles. The van der Waals surface area contributed by atoms with Gasteiger partial charge in [0.05, 0.1) is 12.5 Å². The van der Waals surface area contributed by atoms with E-state index in [1.165, 1.54) is 0 Å². The zero-order chi connectivity index (χ0) is 14.4. The number of imidazole rings is 1. The van der Waals surface area contributed by atoms with Gasteiger partial charge in [0, 0.05) is 31.4 Å². The van der Waals surface area contributed by atoms with Crippen LogP contribution < -0.4 is 4.74 Å². The highest BCUT2D eigenvalue weighted by Crippen LogP contribution is 2.19. The predicted molar refractivity (Wildman–Crippen MR) is 81.2 cm³/mol. The van der Waals surface area contributed by atoms with E-state index in [2.05, 4.69) is 16.8 Å². The number of alkyl halides is 1. The Morgan fingerprint density at radius 1 is 1.40 bits per heavy atom. The number of hydrogen-bond donors (Lipinski definition) is 0. The molecule has 3 nitrogen and oxygen atoms in total. The summed E-state index contributed by atoms with van der Waals surface area (Å²) in [6.45, 7) is 2.63. The zero-order valence-corrected chi connectivity index (χ0v) is 12.4. The number of halogens is 1. The summed E-state index contributed by atoms with van der Waals surface area (Å²) in [6, 6.07) is 5.91. The molecule has 0 saturated carbocycles. The molecule has 1 heterocycles. The minimum absolute atomic E-state index is 0.348. The van der Waals surface area contributed by atoms with E-state index in [0.717, 1.165) is 29.1 Å². The van der Waals surface area contributed by atoms with Gasteiger partial charge in [0.15, 0.2) is 0 Å². The van der Waals surface area contributed by atoms with E-state index in [1.54, 1.807) is 6.20 Å². The van der Waals surface area contributed by atoms with Gasteiger partial charge in [0.2, 0.25) is 0 Å². The largest absolute Gasteiger partial charge is 0.493 e. The lowest BCUT2D eigenvalue weighted by Gasteiger charge is -2.09. The fourth-order valence-corrected chi connectivity index (χ4v) is 1.98. The van der Waals surface area contributed by atoms with Crippen LogP contribution in [-0.2, 0) is 13.5 Å². The van der Waals surface area contributed by atoms with Gasteiger partial charge >= 0.3 is 0 Å². The summed E-state index contributed by atoms with van der Waals surface area (Å²) >= 11 is 5.55. The second-order valence-corrected chi connectivity index (χ2v) is 4.74. The molecule has 0 fully saturated rings. The first-order valence-corrected chi connectivity index (χ1v) is 6.98. The molecule has 0 aliphatic heterocycles. The fraction of sp³-hybridized carbons (Fsp3) is 0.312. The van der Waals surface area contributed by atoms with Gasteiger partial charge in [-0.25, -0.2) is 4.98 Å². The number of hydrogen-bond acceptors (Lipinski definition) is 2. The van der Waals surface area contributed by atoms with Crippen molar-refractivity contribution in [2.24, 2.45) is 7.05 Å². The van der Waals surface area contributed by atoms with Crippen LogP contribution in [0.15, 0.2) is 30.6 Å². The van der Waals surface area contributed by atoms with Gasteiger partial charge < -0.3 is 9.30 Å². The van der Waals surface area contributed by atoms with Gasteiger partial charge in [0.1, 0.15) is 11.6 Å². The molecule has 0 atom stereocenters. The maximum absolute atomic E-state index is 5.80. The highest BCUT2D eigenvalue weighted by molar-refractivity contribution is 6.19. The number of benzene rings is 1. The molecule has 0 bridgehead atoms. The molecular weight excluding hydrogens is 272 g/mol. The average Bonchev–Trinajstić information content (AvgIpc) is 2.84. The van der Waals surface area contributed by atoms with Crippen LogP contribution in [0.5, 0.6) is 5.75 Å². The molecule has 0 N–H and O–H groups in total. The Kier molecular flexibility index (Phi) is 5.09. The lowest BCUT2D eigenvalue weighted by atomic mass is 10.1. The zero-order valence-electron chi connectivity index (χ0n) is 11.7. The standard InChI is InChI=1S/C16H17ClN2O/c1-13-12-14(4-3-8-17)5-6-15(13)20-11-7-16-18-9-10-19(16)2/h5-6,9-10,12H,7-8,11H2,1-2H3. The van der Waals surface area contributed by atoms with Gasteiger partial charge in [-0.1, -0.05) is 11.8 Å². The van der Waals surface area contributed by atoms with Gasteiger partial charge in [-0.3, -0.25) is 0 Å². The summed E-state index contributed by atoms with van der Waals surface area (Å²) in [5, 5.41) is 0. The maximum Gasteiger partial charge on any atom is 0.122 e. The molecule has 2 rings (SSSR count). The Morgan fingerprint density at radius 3 is 2.90 bits per heavy atom. The quantitative estimate of drug-likeness (QED) is 0.639. The first-order chi connectivity index (χ1) is 9.70. The van der Waals surface area contributed by atoms with E-state index in [9.17, 15) is 0 Å². The Morgan fingerprint density at radius 2 is 2.25 bits per heavy atom. The third kappa shape index (κ3) is 3.79. The van der Waals surface area contributed by atoms with Crippen LogP contribution in [0, 0.1) is 18.8 Å². The van der Waals surface area contributed by atoms with E-state index >= 15 is 0 Å². The number of rotatable bonds is 4. The summed E-state index contributed by atoms with van der Waals surface area (Å²) in [6.07, 6.45) is 4.52. The molecule has 4 heteroatoms. The van der Waals surface area contributed by atoms with Crippen molar-refractivity contribution in [1.29, 1.82) is 0 Å². The Labute approximate surface area is 124 Å². The van der Waals surface area contributed by atoms with Crippen molar-refractivity contribution in [3.8, 4) is 17.6 Å². The number of nitrogens with zero attached hydrogens (tertiary/aromatic N) is 2. The summed E-state index contributed by atoms with van der Waals surface area (Å²) in [7, 11) is 1.98. The molecule has 0 aliphatic rings. The molecule has 20 heavy (non-hydrogen) atoms. The van der Waals surface area contributed by atoms with Crippen LogP contribution in [0.3, 0.4) is 0 Å². The first kappa shape index (κ1) is 14.5. The lowest BCUT2D eigenvalue weighted by molar-refractivity contribution is 0.315. The van der Waals surface area contributed by atoms with Gasteiger partial charge in [-0.2, -0.15) is 0 Å². The Hall–Kier alpha value is -1.92. The van der Waals surface area contributed by atoms with Crippen LogP contribution in [0.2, 0.25) is 0 Å². The van der Waals surface area contributed by atoms with Gasteiger partial charge in [-0.05, 0) is 30.7 Å². The first-order valence-electron chi connectivity index (χ1n) is 6.45. The summed E-state index contributed by atoms with van der Waals surface area (Å²) in [5.74, 6) is 8.09. The second-order valence-electron chi connectivity index (χ2n) is 4.47. The highest BCUT2D eigenvalue weighted by Gasteiger charge is 2.03. The molecule has 0 amide bonds. The smallest absolute Gasteiger partial charge is 0.122 e.